The highest BCUT2D eigenvalue weighted by molar-refractivity contribution is 9.10. The van der Waals surface area contributed by atoms with Crippen molar-refractivity contribution in [2.24, 2.45) is 0 Å². The summed E-state index contributed by atoms with van der Waals surface area (Å²) >= 11 is 3.30. The van der Waals surface area contributed by atoms with E-state index in [9.17, 15) is 14.7 Å². The molecule has 0 radical (unpaired) electrons. The first kappa shape index (κ1) is 17.7. The van der Waals surface area contributed by atoms with Crippen molar-refractivity contribution < 1.29 is 19.4 Å². The average Bonchev–Trinajstić information content (AvgIpc) is 2.34. The molecule has 0 fully saturated rings. The molecule has 0 aliphatic carbocycles. The van der Waals surface area contributed by atoms with Crippen LogP contribution in [0.5, 0.6) is 0 Å². The van der Waals surface area contributed by atoms with Crippen LogP contribution in [0.1, 0.15) is 33.3 Å². The van der Waals surface area contributed by atoms with Crippen molar-refractivity contribution in [1.82, 2.24) is 5.32 Å². The van der Waals surface area contributed by atoms with Crippen LogP contribution in [0.25, 0.3) is 0 Å². The van der Waals surface area contributed by atoms with Gasteiger partial charge in [0.25, 0.3) is 0 Å². The molecule has 0 saturated carbocycles. The lowest BCUT2D eigenvalue weighted by molar-refractivity contribution is -0.165. The van der Waals surface area contributed by atoms with Crippen molar-refractivity contribution in [2.75, 3.05) is 0 Å². The maximum absolute atomic E-state index is 12.2. The van der Waals surface area contributed by atoms with Gasteiger partial charge in [0.15, 0.2) is 6.04 Å². The second-order valence-corrected chi connectivity index (χ2v) is 6.82. The maximum atomic E-state index is 12.2. The number of ether oxygens (including phenoxy) is 1. The minimum atomic E-state index is -1.59. The number of benzene rings is 1. The van der Waals surface area contributed by atoms with Crippen LogP contribution in [0.2, 0.25) is 0 Å². The molecule has 0 heterocycles. The minimum absolute atomic E-state index is 0.377. The highest BCUT2D eigenvalue weighted by atomic mass is 79.9. The summed E-state index contributed by atoms with van der Waals surface area (Å²) in [4.78, 5) is 23.0. The fourth-order valence-corrected chi connectivity index (χ4v) is 2.11. The Morgan fingerprint density at radius 2 is 1.81 bits per heavy atom. The van der Waals surface area contributed by atoms with E-state index in [0.29, 0.717) is 12.0 Å². The molecule has 116 valence electrons. The number of halogens is 1. The van der Waals surface area contributed by atoms with Crippen LogP contribution in [-0.2, 0) is 19.9 Å². The Morgan fingerprint density at radius 3 is 2.24 bits per heavy atom. The Bertz CT molecular complexity index is 505. The highest BCUT2D eigenvalue weighted by Gasteiger charge is 2.41. The lowest BCUT2D eigenvalue weighted by Crippen LogP contribution is -2.53. The zero-order valence-corrected chi connectivity index (χ0v) is 14.1. The maximum Gasteiger partial charge on any atom is 0.332 e. The molecule has 1 amide bonds. The number of esters is 1. The zero-order valence-electron chi connectivity index (χ0n) is 12.5. The van der Waals surface area contributed by atoms with Gasteiger partial charge in [-0.25, -0.2) is 4.79 Å². The van der Waals surface area contributed by atoms with Crippen molar-refractivity contribution in [3.8, 4) is 0 Å². The fourth-order valence-electron chi connectivity index (χ4n) is 1.84. The molecule has 21 heavy (non-hydrogen) atoms. The van der Waals surface area contributed by atoms with E-state index in [1.54, 1.807) is 45.0 Å². The lowest BCUT2D eigenvalue weighted by atomic mass is 9.88. The Hall–Kier alpha value is -1.40. The van der Waals surface area contributed by atoms with Gasteiger partial charge in [0.05, 0.1) is 0 Å². The molecule has 0 saturated heterocycles. The van der Waals surface area contributed by atoms with Gasteiger partial charge in [0.1, 0.15) is 11.2 Å². The number of hydrogen-bond acceptors (Lipinski definition) is 4. The van der Waals surface area contributed by atoms with Crippen LogP contribution in [0.4, 0.5) is 0 Å². The van der Waals surface area contributed by atoms with Gasteiger partial charge in [0.2, 0.25) is 6.41 Å². The van der Waals surface area contributed by atoms with E-state index < -0.39 is 23.2 Å². The quantitative estimate of drug-likeness (QED) is 0.625. The van der Waals surface area contributed by atoms with Crippen molar-refractivity contribution in [2.45, 2.75) is 44.9 Å². The Balaban J connectivity index is 3.10. The van der Waals surface area contributed by atoms with Gasteiger partial charge in [-0.2, -0.15) is 0 Å². The Kier molecular flexibility index (Phi) is 5.53. The predicted octanol–water partition coefficient (Wildman–Crippen LogP) is 2.11. The van der Waals surface area contributed by atoms with Crippen LogP contribution in [0, 0.1) is 0 Å². The monoisotopic (exact) mass is 357 g/mol. The number of aliphatic hydroxyl groups is 1. The molecule has 2 N–H and O–H groups in total. The third-order valence-electron chi connectivity index (χ3n) is 2.87. The first-order chi connectivity index (χ1) is 9.58. The van der Waals surface area contributed by atoms with Crippen LogP contribution in [0.3, 0.4) is 0 Å². The molecule has 1 aromatic rings. The van der Waals surface area contributed by atoms with E-state index in [1.165, 1.54) is 6.92 Å². The normalized spacial score (nSPS) is 15.7. The summed E-state index contributed by atoms with van der Waals surface area (Å²) in [7, 11) is 0. The third kappa shape index (κ3) is 4.82. The molecular formula is C15H20BrNO4. The van der Waals surface area contributed by atoms with Crippen LogP contribution < -0.4 is 5.32 Å². The fraction of sp³-hybridized carbons (Fsp3) is 0.467. The van der Waals surface area contributed by atoms with E-state index >= 15 is 0 Å². The SMILES string of the molecule is CC(C)(C)OC(=O)[C@H](NC=O)[C@](C)(O)c1ccc(Br)cc1. The first-order valence-corrected chi connectivity index (χ1v) is 7.28. The van der Waals surface area contributed by atoms with E-state index in [4.69, 9.17) is 4.74 Å². The van der Waals surface area contributed by atoms with Crippen LogP contribution in [-0.4, -0.2) is 29.1 Å². The van der Waals surface area contributed by atoms with Crippen LogP contribution in [0.15, 0.2) is 28.7 Å². The van der Waals surface area contributed by atoms with Gasteiger partial charge in [0, 0.05) is 4.47 Å². The van der Waals surface area contributed by atoms with Crippen LogP contribution >= 0.6 is 15.9 Å². The van der Waals surface area contributed by atoms with Crippen molar-refractivity contribution in [3.05, 3.63) is 34.3 Å². The molecule has 0 aromatic heterocycles. The van der Waals surface area contributed by atoms with E-state index in [1.807, 2.05) is 0 Å². The van der Waals surface area contributed by atoms with Gasteiger partial charge in [-0.15, -0.1) is 0 Å². The number of hydrogen-bond donors (Lipinski definition) is 2. The summed E-state index contributed by atoms with van der Waals surface area (Å²) in [5.74, 6) is -0.692. The summed E-state index contributed by atoms with van der Waals surface area (Å²) in [5, 5.41) is 13.0. The lowest BCUT2D eigenvalue weighted by Gasteiger charge is -2.33. The largest absolute Gasteiger partial charge is 0.458 e. The molecule has 0 aliphatic heterocycles. The number of carbonyl (C=O) groups is 2. The predicted molar refractivity (Wildman–Crippen MR) is 82.5 cm³/mol. The van der Waals surface area contributed by atoms with Gasteiger partial charge in [-0.3, -0.25) is 4.79 Å². The molecule has 0 aliphatic rings. The van der Waals surface area contributed by atoms with Gasteiger partial charge < -0.3 is 15.2 Å². The third-order valence-corrected chi connectivity index (χ3v) is 3.40. The molecule has 1 rings (SSSR count). The summed E-state index contributed by atoms with van der Waals surface area (Å²) in [6.07, 6.45) is 0.377. The molecule has 5 nitrogen and oxygen atoms in total. The van der Waals surface area contributed by atoms with Crippen molar-refractivity contribution >= 4 is 28.3 Å². The minimum Gasteiger partial charge on any atom is -0.458 e. The number of amides is 1. The smallest absolute Gasteiger partial charge is 0.332 e. The highest BCUT2D eigenvalue weighted by Crippen LogP contribution is 2.27. The van der Waals surface area contributed by atoms with Gasteiger partial charge in [-0.1, -0.05) is 28.1 Å². The molecular weight excluding hydrogens is 338 g/mol. The molecule has 0 bridgehead atoms. The zero-order chi connectivity index (χ0) is 16.3. The standard InChI is InChI=1S/C15H20BrNO4/c1-14(2,3)21-13(19)12(17-9-18)15(4,20)10-5-7-11(16)8-6-10/h5-9,12,20H,1-4H3,(H,17,18)/t12-,15+/m0/s1. The van der Waals surface area contributed by atoms with Crippen molar-refractivity contribution in [1.29, 1.82) is 0 Å². The number of carbonyl (C=O) groups excluding carboxylic acids is 2. The van der Waals surface area contributed by atoms with Gasteiger partial charge in [-0.05, 0) is 45.4 Å². The topological polar surface area (TPSA) is 75.6 Å². The molecule has 0 spiro atoms. The summed E-state index contributed by atoms with van der Waals surface area (Å²) in [6.45, 7) is 6.62. The summed E-state index contributed by atoms with van der Waals surface area (Å²) in [5.41, 5.74) is -1.81. The molecule has 2 atom stereocenters. The molecule has 1 aromatic carbocycles. The summed E-state index contributed by atoms with van der Waals surface area (Å²) in [6, 6.07) is 5.64. The van der Waals surface area contributed by atoms with Crippen molar-refractivity contribution in [3.63, 3.8) is 0 Å². The Labute approximate surface area is 132 Å². The molecule has 6 heteroatoms. The summed E-state index contributed by atoms with van der Waals surface area (Å²) < 4.78 is 6.10. The average molecular weight is 358 g/mol. The second-order valence-electron chi connectivity index (χ2n) is 5.91. The van der Waals surface area contributed by atoms with Gasteiger partial charge >= 0.3 is 5.97 Å². The molecule has 0 unspecified atom stereocenters. The second kappa shape index (κ2) is 6.58. The Morgan fingerprint density at radius 1 is 1.29 bits per heavy atom. The first-order valence-electron chi connectivity index (χ1n) is 6.49. The van der Waals surface area contributed by atoms with E-state index in [2.05, 4.69) is 21.2 Å². The number of rotatable bonds is 5. The van der Waals surface area contributed by atoms with E-state index in [-0.39, 0.29) is 0 Å². The number of nitrogens with one attached hydrogen (secondary N) is 1. The van der Waals surface area contributed by atoms with E-state index in [0.717, 1.165) is 4.47 Å².